The normalized spacial score (nSPS) is 15.4. The Hall–Kier alpha value is -3.56. The minimum absolute atomic E-state index is 0.0246. The first-order valence-corrected chi connectivity index (χ1v) is 10.0. The molecule has 6 heteroatoms. The molecule has 1 aromatic carbocycles. The Labute approximate surface area is 176 Å². The molecule has 0 aliphatic carbocycles. The number of carbonyl (C=O) groups excluding carboxylic acids is 1. The van der Waals surface area contributed by atoms with Crippen molar-refractivity contribution in [3.8, 4) is 17.3 Å². The maximum atomic E-state index is 13.2. The van der Waals surface area contributed by atoms with E-state index in [1.807, 2.05) is 41.3 Å². The molecule has 1 fully saturated rings. The molecule has 1 saturated heterocycles. The maximum Gasteiger partial charge on any atom is 0.256 e. The lowest BCUT2D eigenvalue weighted by atomic mass is 9.82. The minimum Gasteiger partial charge on any atom is -0.338 e. The van der Waals surface area contributed by atoms with Gasteiger partial charge in [0.15, 0.2) is 0 Å². The van der Waals surface area contributed by atoms with E-state index >= 15 is 0 Å². The van der Waals surface area contributed by atoms with Crippen molar-refractivity contribution in [2.75, 3.05) is 13.1 Å². The van der Waals surface area contributed by atoms with Crippen LogP contribution in [0.2, 0.25) is 0 Å². The summed E-state index contributed by atoms with van der Waals surface area (Å²) in [6.07, 6.45) is 7.20. The fourth-order valence-electron chi connectivity index (χ4n) is 3.98. The van der Waals surface area contributed by atoms with Crippen molar-refractivity contribution in [3.63, 3.8) is 0 Å². The van der Waals surface area contributed by atoms with Gasteiger partial charge in [-0.1, -0.05) is 12.1 Å². The van der Waals surface area contributed by atoms with E-state index in [9.17, 15) is 4.79 Å². The molecule has 2 aromatic heterocycles. The molecule has 1 amide bonds. The highest BCUT2D eigenvalue weighted by atomic mass is 16.2. The number of likely N-dealkylation sites (tertiary alicyclic amines) is 1. The summed E-state index contributed by atoms with van der Waals surface area (Å²) in [5.74, 6) is -0.0246. The predicted octanol–water partition coefficient (Wildman–Crippen LogP) is 3.19. The summed E-state index contributed by atoms with van der Waals surface area (Å²) in [6, 6.07) is 17.1. The summed E-state index contributed by atoms with van der Waals surface area (Å²) in [5.41, 5.74) is 10.1. The summed E-state index contributed by atoms with van der Waals surface area (Å²) in [4.78, 5) is 23.6. The van der Waals surface area contributed by atoms with Crippen molar-refractivity contribution in [2.24, 2.45) is 5.73 Å². The Bertz CT molecular complexity index is 1080. The number of carbonyl (C=O) groups is 1. The quantitative estimate of drug-likeness (QED) is 0.729. The zero-order valence-corrected chi connectivity index (χ0v) is 16.7. The molecular weight excluding hydrogens is 374 g/mol. The summed E-state index contributed by atoms with van der Waals surface area (Å²) in [6.45, 7) is 1.19. The van der Waals surface area contributed by atoms with Crippen LogP contribution >= 0.6 is 0 Å². The van der Waals surface area contributed by atoms with Crippen molar-refractivity contribution in [1.82, 2.24) is 14.9 Å². The van der Waals surface area contributed by atoms with Crippen LogP contribution < -0.4 is 5.73 Å². The molecular formula is C24H23N5O. The van der Waals surface area contributed by atoms with Gasteiger partial charge in [0.05, 0.1) is 22.9 Å². The average Bonchev–Trinajstić information content (AvgIpc) is 2.79. The predicted molar refractivity (Wildman–Crippen MR) is 114 cm³/mol. The van der Waals surface area contributed by atoms with Crippen LogP contribution in [0.5, 0.6) is 0 Å². The fraction of sp³-hybridized carbons (Fsp3) is 0.250. The molecule has 0 saturated carbocycles. The average molecular weight is 397 g/mol. The van der Waals surface area contributed by atoms with Crippen LogP contribution in [0.25, 0.3) is 11.3 Å². The molecule has 2 N–H and O–H groups in total. The molecule has 3 aromatic rings. The van der Waals surface area contributed by atoms with E-state index < -0.39 is 0 Å². The number of rotatable bonds is 4. The van der Waals surface area contributed by atoms with E-state index in [0.717, 1.165) is 11.1 Å². The molecule has 0 bridgehead atoms. The number of aromatic nitrogens is 2. The molecule has 1 aliphatic heterocycles. The molecule has 0 spiro atoms. The van der Waals surface area contributed by atoms with Crippen LogP contribution in [0.15, 0.2) is 67.1 Å². The van der Waals surface area contributed by atoms with Crippen molar-refractivity contribution in [2.45, 2.75) is 24.8 Å². The highest BCUT2D eigenvalue weighted by molar-refractivity contribution is 5.99. The van der Waals surface area contributed by atoms with Crippen LogP contribution in [-0.4, -0.2) is 39.4 Å². The van der Waals surface area contributed by atoms with Crippen molar-refractivity contribution >= 4 is 5.91 Å². The molecule has 3 heterocycles. The van der Waals surface area contributed by atoms with Gasteiger partial charge in [-0.05, 0) is 61.2 Å². The lowest BCUT2D eigenvalue weighted by Gasteiger charge is -2.39. The van der Waals surface area contributed by atoms with Gasteiger partial charge in [0.1, 0.15) is 0 Å². The van der Waals surface area contributed by atoms with Gasteiger partial charge in [0, 0.05) is 42.8 Å². The molecule has 30 heavy (non-hydrogen) atoms. The van der Waals surface area contributed by atoms with Crippen molar-refractivity contribution in [1.29, 1.82) is 5.26 Å². The van der Waals surface area contributed by atoms with Crippen molar-refractivity contribution < 1.29 is 4.79 Å². The maximum absolute atomic E-state index is 13.2. The zero-order valence-electron chi connectivity index (χ0n) is 16.7. The number of hydrogen-bond donors (Lipinski definition) is 1. The van der Waals surface area contributed by atoms with E-state index in [1.54, 1.807) is 30.7 Å². The summed E-state index contributed by atoms with van der Waals surface area (Å²) >= 11 is 0. The molecule has 150 valence electrons. The number of nitrogens with two attached hydrogens (primary N) is 1. The Kier molecular flexibility index (Phi) is 5.55. The number of nitrogens with zero attached hydrogens (tertiary/aromatic N) is 4. The highest BCUT2D eigenvalue weighted by Gasteiger charge is 2.33. The largest absolute Gasteiger partial charge is 0.338 e. The van der Waals surface area contributed by atoms with Gasteiger partial charge in [-0.2, -0.15) is 5.26 Å². The first-order chi connectivity index (χ1) is 14.6. The molecule has 0 unspecified atom stereocenters. The van der Waals surface area contributed by atoms with Crippen molar-refractivity contribution in [3.05, 3.63) is 83.8 Å². The summed E-state index contributed by atoms with van der Waals surface area (Å²) < 4.78 is 0. The third kappa shape index (κ3) is 4.22. The molecule has 0 radical (unpaired) electrons. The van der Waals surface area contributed by atoms with E-state index in [-0.39, 0.29) is 11.4 Å². The van der Waals surface area contributed by atoms with Crippen LogP contribution in [0.3, 0.4) is 0 Å². The first-order valence-electron chi connectivity index (χ1n) is 10.0. The van der Waals surface area contributed by atoms with E-state index in [4.69, 9.17) is 11.0 Å². The Morgan fingerprint density at radius 3 is 2.60 bits per heavy atom. The fourth-order valence-corrected chi connectivity index (χ4v) is 3.98. The Morgan fingerprint density at radius 2 is 1.87 bits per heavy atom. The number of amides is 1. The highest BCUT2D eigenvalue weighted by Crippen LogP contribution is 2.27. The summed E-state index contributed by atoms with van der Waals surface area (Å²) in [5, 5.41) is 9.11. The van der Waals surface area contributed by atoms with Crippen LogP contribution in [-0.2, 0) is 6.42 Å². The number of benzene rings is 1. The van der Waals surface area contributed by atoms with E-state index in [0.29, 0.717) is 49.2 Å². The monoisotopic (exact) mass is 397 g/mol. The van der Waals surface area contributed by atoms with Gasteiger partial charge >= 0.3 is 0 Å². The lowest BCUT2D eigenvalue weighted by molar-refractivity contribution is 0.0671. The summed E-state index contributed by atoms with van der Waals surface area (Å²) in [7, 11) is 0. The third-order valence-electron chi connectivity index (χ3n) is 5.65. The van der Waals surface area contributed by atoms with E-state index in [1.165, 1.54) is 0 Å². The number of hydrogen-bond acceptors (Lipinski definition) is 5. The topological polar surface area (TPSA) is 95.9 Å². The Balaban J connectivity index is 1.47. The smallest absolute Gasteiger partial charge is 0.256 e. The van der Waals surface area contributed by atoms with Crippen LogP contribution in [0.1, 0.15) is 34.3 Å². The molecule has 1 aliphatic rings. The van der Waals surface area contributed by atoms with Gasteiger partial charge in [-0.15, -0.1) is 0 Å². The first kappa shape index (κ1) is 19.7. The van der Waals surface area contributed by atoms with E-state index in [2.05, 4.69) is 16.0 Å². The van der Waals surface area contributed by atoms with Gasteiger partial charge in [-0.25, -0.2) is 0 Å². The number of piperidine rings is 1. The molecule has 4 rings (SSSR count). The third-order valence-corrected chi connectivity index (χ3v) is 5.65. The second kappa shape index (κ2) is 8.44. The van der Waals surface area contributed by atoms with Gasteiger partial charge in [0.2, 0.25) is 0 Å². The number of pyridine rings is 2. The van der Waals surface area contributed by atoms with Crippen LogP contribution in [0.4, 0.5) is 0 Å². The second-order valence-corrected chi connectivity index (χ2v) is 7.78. The van der Waals surface area contributed by atoms with Gasteiger partial charge in [0.25, 0.3) is 5.91 Å². The van der Waals surface area contributed by atoms with Gasteiger partial charge < -0.3 is 10.6 Å². The van der Waals surface area contributed by atoms with Gasteiger partial charge in [-0.3, -0.25) is 14.8 Å². The van der Waals surface area contributed by atoms with Crippen LogP contribution in [0, 0.1) is 11.3 Å². The number of nitriles is 1. The zero-order chi connectivity index (χ0) is 21.0. The molecule has 0 atom stereocenters. The SMILES string of the molecule is N#Cc1cccc(CC2(N)CCN(C(=O)c3cccnc3-c3ccncc3)CC2)c1. The standard InChI is InChI=1S/C24H23N5O/c25-17-19-4-1-3-18(15-19)16-24(26)8-13-29(14-9-24)23(30)21-5-2-10-28-22(21)20-6-11-27-12-7-20/h1-7,10-12,15H,8-9,13-14,16,26H2. The second-order valence-electron chi connectivity index (χ2n) is 7.78. The molecule has 6 nitrogen and oxygen atoms in total. The lowest BCUT2D eigenvalue weighted by Crippen LogP contribution is -2.53. The Morgan fingerprint density at radius 1 is 1.10 bits per heavy atom. The minimum atomic E-state index is -0.381.